The minimum absolute atomic E-state index is 0. The molecule has 1 unspecified atom stereocenters. The second kappa shape index (κ2) is 7.40. The molecule has 6 nitrogen and oxygen atoms in total. The van der Waals surface area contributed by atoms with Crippen LogP contribution in [0.5, 0.6) is 0 Å². The third-order valence-corrected chi connectivity index (χ3v) is 3.14. The van der Waals surface area contributed by atoms with E-state index >= 15 is 0 Å². The van der Waals surface area contributed by atoms with E-state index in [4.69, 9.17) is 10.5 Å². The maximum Gasteiger partial charge on any atom is 0.245 e. The van der Waals surface area contributed by atoms with Crippen LogP contribution in [-0.2, 0) is 16.1 Å². The third kappa shape index (κ3) is 3.72. The third-order valence-electron chi connectivity index (χ3n) is 3.14. The van der Waals surface area contributed by atoms with Crippen molar-refractivity contribution in [1.29, 1.82) is 0 Å². The predicted octanol–water partition coefficient (Wildman–Crippen LogP) is 1.70. The first-order valence-corrected chi connectivity index (χ1v) is 6.59. The van der Waals surface area contributed by atoms with Gasteiger partial charge in [-0.15, -0.1) is 12.4 Å². The van der Waals surface area contributed by atoms with Gasteiger partial charge in [0.25, 0.3) is 0 Å². The highest BCUT2D eigenvalue weighted by Gasteiger charge is 2.17. The standard InChI is InChI=1S/C14H20N4O2.ClH/c1-4-18-12-6-5-9(2)7-11(12)16-14(18)17-13(19)10(15)8-20-3;/h5-7,10H,4,8,15H2,1-3H3,(H,16,17,19);1H. The number of fused-ring (bicyclic) bond motifs is 1. The Hall–Kier alpha value is -1.63. The van der Waals surface area contributed by atoms with Gasteiger partial charge in [-0.1, -0.05) is 6.07 Å². The molecule has 1 heterocycles. The number of aromatic nitrogens is 2. The molecule has 0 fully saturated rings. The van der Waals surface area contributed by atoms with Gasteiger partial charge in [0.1, 0.15) is 6.04 Å². The molecule has 0 aliphatic rings. The second-order valence-corrected chi connectivity index (χ2v) is 4.72. The minimum Gasteiger partial charge on any atom is -0.383 e. The summed E-state index contributed by atoms with van der Waals surface area (Å²) >= 11 is 0. The fraction of sp³-hybridized carbons (Fsp3) is 0.429. The number of hydrogen-bond acceptors (Lipinski definition) is 4. The van der Waals surface area contributed by atoms with Crippen molar-refractivity contribution in [2.75, 3.05) is 19.0 Å². The number of benzene rings is 1. The SMILES string of the molecule is CCn1c(NC(=O)C(N)COC)nc2cc(C)ccc21.Cl. The molecule has 21 heavy (non-hydrogen) atoms. The number of nitrogens with one attached hydrogen (secondary N) is 1. The van der Waals surface area contributed by atoms with Crippen molar-refractivity contribution in [2.45, 2.75) is 26.4 Å². The number of hydrogen-bond donors (Lipinski definition) is 2. The van der Waals surface area contributed by atoms with Crippen LogP contribution >= 0.6 is 12.4 Å². The van der Waals surface area contributed by atoms with Gasteiger partial charge in [-0.25, -0.2) is 4.98 Å². The molecule has 0 spiro atoms. The summed E-state index contributed by atoms with van der Waals surface area (Å²) in [5.41, 5.74) is 8.70. The van der Waals surface area contributed by atoms with Crippen LogP contribution in [-0.4, -0.2) is 35.2 Å². The van der Waals surface area contributed by atoms with Crippen molar-refractivity contribution in [3.8, 4) is 0 Å². The molecule has 1 atom stereocenters. The number of methoxy groups -OCH3 is 1. The molecule has 0 bridgehead atoms. The number of rotatable bonds is 5. The normalized spacial score (nSPS) is 12.0. The molecule has 2 rings (SSSR count). The number of aryl methyl sites for hydroxylation is 2. The van der Waals surface area contributed by atoms with Gasteiger partial charge >= 0.3 is 0 Å². The molecule has 7 heteroatoms. The zero-order valence-electron chi connectivity index (χ0n) is 12.4. The topological polar surface area (TPSA) is 82.2 Å². The maximum absolute atomic E-state index is 11.9. The molecule has 1 aromatic heterocycles. The van der Waals surface area contributed by atoms with Crippen LogP contribution in [0.1, 0.15) is 12.5 Å². The maximum atomic E-state index is 11.9. The molecule has 3 N–H and O–H groups in total. The Morgan fingerprint density at radius 1 is 1.52 bits per heavy atom. The number of anilines is 1. The van der Waals surface area contributed by atoms with Crippen molar-refractivity contribution >= 4 is 35.3 Å². The molecule has 0 radical (unpaired) electrons. The lowest BCUT2D eigenvalue weighted by atomic mass is 10.2. The van der Waals surface area contributed by atoms with Gasteiger partial charge in [-0.3, -0.25) is 10.1 Å². The largest absolute Gasteiger partial charge is 0.383 e. The van der Waals surface area contributed by atoms with E-state index in [2.05, 4.69) is 10.3 Å². The van der Waals surface area contributed by atoms with Crippen molar-refractivity contribution in [3.63, 3.8) is 0 Å². The van der Waals surface area contributed by atoms with Gasteiger partial charge in [0, 0.05) is 13.7 Å². The van der Waals surface area contributed by atoms with Crippen molar-refractivity contribution < 1.29 is 9.53 Å². The summed E-state index contributed by atoms with van der Waals surface area (Å²) in [4.78, 5) is 16.4. The minimum atomic E-state index is -0.702. The van der Waals surface area contributed by atoms with Crippen molar-refractivity contribution in [1.82, 2.24) is 9.55 Å². The zero-order valence-corrected chi connectivity index (χ0v) is 13.2. The van der Waals surface area contributed by atoms with Gasteiger partial charge in [-0.05, 0) is 31.5 Å². The first-order chi connectivity index (χ1) is 9.56. The molecule has 0 aliphatic heterocycles. The van der Waals surface area contributed by atoms with E-state index in [1.54, 1.807) is 0 Å². The van der Waals surface area contributed by atoms with Gasteiger partial charge in [0.15, 0.2) is 0 Å². The first kappa shape index (κ1) is 17.4. The number of nitrogens with two attached hydrogens (primary N) is 1. The van der Waals surface area contributed by atoms with Gasteiger partial charge < -0.3 is 15.0 Å². The van der Waals surface area contributed by atoms with E-state index in [1.807, 2.05) is 36.6 Å². The number of imidazole rings is 1. The van der Waals surface area contributed by atoms with Crippen molar-refractivity contribution in [2.24, 2.45) is 5.73 Å². The lowest BCUT2D eigenvalue weighted by molar-refractivity contribution is -0.118. The summed E-state index contributed by atoms with van der Waals surface area (Å²) < 4.78 is 6.83. The molecule has 0 saturated heterocycles. The summed E-state index contributed by atoms with van der Waals surface area (Å²) in [7, 11) is 1.51. The molecule has 1 aromatic carbocycles. The summed E-state index contributed by atoms with van der Waals surface area (Å²) in [5, 5.41) is 2.76. The highest BCUT2D eigenvalue weighted by Crippen LogP contribution is 2.20. The number of carbonyl (C=O) groups excluding carboxylic acids is 1. The van der Waals surface area contributed by atoms with E-state index in [0.29, 0.717) is 12.5 Å². The number of halogens is 1. The fourth-order valence-electron chi connectivity index (χ4n) is 2.11. The summed E-state index contributed by atoms with van der Waals surface area (Å²) in [6.45, 7) is 4.91. The molecule has 116 valence electrons. The average Bonchev–Trinajstić information content (AvgIpc) is 2.74. The van der Waals surface area contributed by atoms with E-state index < -0.39 is 6.04 Å². The number of ether oxygens (including phenoxy) is 1. The molecule has 0 saturated carbocycles. The Kier molecular flexibility index (Phi) is 6.14. The Labute approximate surface area is 130 Å². The fourth-order valence-corrected chi connectivity index (χ4v) is 2.11. The van der Waals surface area contributed by atoms with E-state index in [1.165, 1.54) is 7.11 Å². The Morgan fingerprint density at radius 2 is 2.24 bits per heavy atom. The lowest BCUT2D eigenvalue weighted by Gasteiger charge is -2.11. The number of amides is 1. The monoisotopic (exact) mass is 312 g/mol. The first-order valence-electron chi connectivity index (χ1n) is 6.59. The van der Waals surface area contributed by atoms with Crippen LogP contribution in [0, 0.1) is 6.92 Å². The van der Waals surface area contributed by atoms with Crippen LogP contribution < -0.4 is 11.1 Å². The van der Waals surface area contributed by atoms with E-state index in [0.717, 1.165) is 16.6 Å². The van der Waals surface area contributed by atoms with Crippen LogP contribution in [0.15, 0.2) is 18.2 Å². The van der Waals surface area contributed by atoms with E-state index in [9.17, 15) is 4.79 Å². The zero-order chi connectivity index (χ0) is 14.7. The summed E-state index contributed by atoms with van der Waals surface area (Å²) in [6, 6.07) is 5.32. The van der Waals surface area contributed by atoms with Crippen LogP contribution in [0.2, 0.25) is 0 Å². The number of carbonyl (C=O) groups is 1. The van der Waals surface area contributed by atoms with Gasteiger partial charge in [-0.2, -0.15) is 0 Å². The van der Waals surface area contributed by atoms with Crippen LogP contribution in [0.3, 0.4) is 0 Å². The predicted molar refractivity (Wildman–Crippen MR) is 85.9 cm³/mol. The number of nitrogens with zero attached hydrogens (tertiary/aromatic N) is 2. The van der Waals surface area contributed by atoms with Crippen molar-refractivity contribution in [3.05, 3.63) is 23.8 Å². The Morgan fingerprint density at radius 3 is 2.86 bits per heavy atom. The Bertz CT molecular complexity index is 627. The average molecular weight is 313 g/mol. The smallest absolute Gasteiger partial charge is 0.245 e. The van der Waals surface area contributed by atoms with E-state index in [-0.39, 0.29) is 24.9 Å². The quantitative estimate of drug-likeness (QED) is 0.880. The van der Waals surface area contributed by atoms with Gasteiger partial charge in [0.05, 0.1) is 17.6 Å². The molecular formula is C14H21ClN4O2. The Balaban J connectivity index is 0.00000220. The lowest BCUT2D eigenvalue weighted by Crippen LogP contribution is -2.39. The van der Waals surface area contributed by atoms with Crippen LogP contribution in [0.4, 0.5) is 5.95 Å². The second-order valence-electron chi connectivity index (χ2n) is 4.72. The summed E-state index contributed by atoms with van der Waals surface area (Å²) in [5.74, 6) is 0.221. The molecule has 0 aliphatic carbocycles. The van der Waals surface area contributed by atoms with Gasteiger partial charge in [0.2, 0.25) is 11.9 Å². The molecule has 1 amide bonds. The molecule has 2 aromatic rings. The molecular weight excluding hydrogens is 292 g/mol. The van der Waals surface area contributed by atoms with Crippen LogP contribution in [0.25, 0.3) is 11.0 Å². The summed E-state index contributed by atoms with van der Waals surface area (Å²) in [6.07, 6.45) is 0. The highest BCUT2D eigenvalue weighted by molar-refractivity contribution is 5.95. The highest BCUT2D eigenvalue weighted by atomic mass is 35.5.